The molecule has 3 aliphatic rings. The number of nitrogens with zero attached hydrogens (tertiary/aromatic N) is 3. The molecular weight excluding hydrogens is 453 g/mol. The number of carbonyl (C=O) groups excluding carboxylic acids is 2. The maximum absolute atomic E-state index is 13.3. The molecule has 1 saturated carbocycles. The number of piperazine rings is 1. The first-order valence-electron chi connectivity index (χ1n) is 12.2. The summed E-state index contributed by atoms with van der Waals surface area (Å²) in [5.41, 5.74) is 2.04. The van der Waals surface area contributed by atoms with Crippen LogP contribution in [0.15, 0.2) is 48.5 Å². The molecule has 3 fully saturated rings. The Morgan fingerprint density at radius 1 is 0.941 bits per heavy atom. The molecule has 0 aromatic heterocycles. The minimum absolute atomic E-state index is 0.0152. The van der Waals surface area contributed by atoms with E-state index in [1.54, 1.807) is 6.07 Å². The number of carbonyl (C=O) groups is 2. The van der Waals surface area contributed by atoms with E-state index in [4.69, 9.17) is 11.6 Å². The highest BCUT2D eigenvalue weighted by Gasteiger charge is 2.59. The van der Waals surface area contributed by atoms with E-state index in [2.05, 4.69) is 34.1 Å². The van der Waals surface area contributed by atoms with E-state index in [1.165, 1.54) is 17.7 Å². The average Bonchev–Trinajstić information content (AvgIpc) is 3.55. The van der Waals surface area contributed by atoms with Crippen molar-refractivity contribution in [2.75, 3.05) is 39.3 Å². The Kier molecular flexibility index (Phi) is 6.63. The number of benzene rings is 2. The van der Waals surface area contributed by atoms with E-state index in [1.807, 2.05) is 11.0 Å². The fourth-order valence-corrected chi connectivity index (χ4v) is 5.81. The lowest BCUT2D eigenvalue weighted by molar-refractivity contribution is -0.136. The van der Waals surface area contributed by atoms with Gasteiger partial charge in [0.2, 0.25) is 11.8 Å². The lowest BCUT2D eigenvalue weighted by Crippen LogP contribution is -2.49. The van der Waals surface area contributed by atoms with Crippen LogP contribution in [0.4, 0.5) is 4.39 Å². The highest BCUT2D eigenvalue weighted by atomic mass is 35.5. The molecule has 0 radical (unpaired) electrons. The molecule has 180 valence electrons. The normalized spacial score (nSPS) is 22.1. The molecule has 1 spiro atoms. The largest absolute Gasteiger partial charge is 0.342 e. The van der Waals surface area contributed by atoms with Crippen LogP contribution in [0.25, 0.3) is 0 Å². The van der Waals surface area contributed by atoms with Gasteiger partial charge in [-0.1, -0.05) is 48.0 Å². The summed E-state index contributed by atoms with van der Waals surface area (Å²) in [4.78, 5) is 32.3. The maximum Gasteiger partial charge on any atom is 0.227 e. The summed E-state index contributed by atoms with van der Waals surface area (Å²) in [5.74, 6) is 0.0267. The molecule has 7 heteroatoms. The van der Waals surface area contributed by atoms with Crippen molar-refractivity contribution in [3.8, 4) is 0 Å². The first kappa shape index (κ1) is 23.3. The third kappa shape index (κ3) is 4.98. The molecule has 1 aliphatic carbocycles. The smallest absolute Gasteiger partial charge is 0.227 e. The number of hydrogen-bond acceptors (Lipinski definition) is 3. The summed E-state index contributed by atoms with van der Waals surface area (Å²) < 4.78 is 13.3. The fourth-order valence-electron chi connectivity index (χ4n) is 5.58. The average molecular weight is 484 g/mol. The van der Waals surface area contributed by atoms with Crippen LogP contribution in [-0.4, -0.2) is 65.8 Å². The van der Waals surface area contributed by atoms with Crippen LogP contribution < -0.4 is 0 Å². The first-order valence-corrected chi connectivity index (χ1v) is 12.6. The van der Waals surface area contributed by atoms with Crippen LogP contribution in [0.2, 0.25) is 5.02 Å². The van der Waals surface area contributed by atoms with Crippen molar-refractivity contribution in [3.63, 3.8) is 0 Å². The lowest BCUT2D eigenvalue weighted by atomic mass is 9.90. The van der Waals surface area contributed by atoms with E-state index in [0.717, 1.165) is 52.0 Å². The monoisotopic (exact) mass is 483 g/mol. The quantitative estimate of drug-likeness (QED) is 0.645. The van der Waals surface area contributed by atoms with E-state index in [9.17, 15) is 14.0 Å². The molecule has 34 heavy (non-hydrogen) atoms. The minimum atomic E-state index is -0.400. The number of halogens is 2. The number of hydrogen-bond donors (Lipinski definition) is 0. The van der Waals surface area contributed by atoms with Gasteiger partial charge in [-0.3, -0.25) is 14.5 Å². The Hall–Kier alpha value is -2.44. The van der Waals surface area contributed by atoms with E-state index in [0.29, 0.717) is 29.6 Å². The second-order valence-corrected chi connectivity index (χ2v) is 10.4. The van der Waals surface area contributed by atoms with E-state index in [-0.39, 0.29) is 23.7 Å². The van der Waals surface area contributed by atoms with Crippen LogP contribution in [-0.2, 0) is 22.6 Å². The molecule has 0 N–H and O–H groups in total. The van der Waals surface area contributed by atoms with Crippen molar-refractivity contribution in [2.45, 2.75) is 32.2 Å². The van der Waals surface area contributed by atoms with Gasteiger partial charge in [0.25, 0.3) is 0 Å². The van der Waals surface area contributed by atoms with Gasteiger partial charge >= 0.3 is 0 Å². The molecule has 0 bridgehead atoms. The minimum Gasteiger partial charge on any atom is -0.342 e. The van der Waals surface area contributed by atoms with Crippen LogP contribution in [0.1, 0.15) is 30.4 Å². The van der Waals surface area contributed by atoms with Gasteiger partial charge in [-0.05, 0) is 47.9 Å². The van der Waals surface area contributed by atoms with Crippen molar-refractivity contribution < 1.29 is 14.0 Å². The van der Waals surface area contributed by atoms with Crippen LogP contribution in [0.5, 0.6) is 0 Å². The second-order valence-electron chi connectivity index (χ2n) is 10.00. The van der Waals surface area contributed by atoms with Crippen molar-refractivity contribution in [1.82, 2.24) is 14.7 Å². The van der Waals surface area contributed by atoms with Gasteiger partial charge in [0.1, 0.15) is 5.82 Å². The highest BCUT2D eigenvalue weighted by Crippen LogP contribution is 2.60. The Morgan fingerprint density at radius 3 is 2.32 bits per heavy atom. The molecule has 2 heterocycles. The van der Waals surface area contributed by atoms with Crippen molar-refractivity contribution in [3.05, 3.63) is 70.5 Å². The van der Waals surface area contributed by atoms with E-state index >= 15 is 0 Å². The highest BCUT2D eigenvalue weighted by molar-refractivity contribution is 6.31. The molecule has 2 aromatic carbocycles. The Morgan fingerprint density at radius 2 is 1.65 bits per heavy atom. The van der Waals surface area contributed by atoms with E-state index < -0.39 is 5.82 Å². The van der Waals surface area contributed by atoms with Crippen LogP contribution in [0, 0.1) is 17.2 Å². The van der Waals surface area contributed by atoms with Gasteiger partial charge in [-0.2, -0.15) is 0 Å². The molecular formula is C27H31ClFN3O2. The summed E-state index contributed by atoms with van der Waals surface area (Å²) in [6.07, 6.45) is 2.88. The Labute approximate surface area is 205 Å². The topological polar surface area (TPSA) is 43.9 Å². The third-order valence-electron chi connectivity index (χ3n) is 7.89. The predicted octanol–water partition coefficient (Wildman–Crippen LogP) is 3.99. The number of rotatable bonds is 5. The predicted molar refractivity (Wildman–Crippen MR) is 130 cm³/mol. The first-order chi connectivity index (χ1) is 16.4. The van der Waals surface area contributed by atoms with Gasteiger partial charge < -0.3 is 9.80 Å². The van der Waals surface area contributed by atoms with Gasteiger partial charge in [0, 0.05) is 56.8 Å². The van der Waals surface area contributed by atoms with Gasteiger partial charge in [-0.15, -0.1) is 0 Å². The lowest BCUT2D eigenvalue weighted by Gasteiger charge is -2.36. The summed E-state index contributed by atoms with van der Waals surface area (Å²) in [5, 5.41) is 0.290. The summed E-state index contributed by atoms with van der Waals surface area (Å²) >= 11 is 6.09. The Balaban J connectivity index is 1.08. The van der Waals surface area contributed by atoms with Crippen molar-refractivity contribution in [2.24, 2.45) is 11.3 Å². The molecule has 2 saturated heterocycles. The standard InChI is InChI=1S/C27H31ClFN3O2/c28-24-17-22(29)7-6-21(24)16-25(33)31-10-8-27(9-11-31)18-23(27)26(34)32-14-12-30(13-15-32)19-20-4-2-1-3-5-20/h1-7,17,23H,8-16,18-19H2/t23-/m0/s1. The fraction of sp³-hybridized carbons (Fsp3) is 0.481. The zero-order valence-electron chi connectivity index (χ0n) is 19.4. The second kappa shape index (κ2) is 9.67. The summed E-state index contributed by atoms with van der Waals surface area (Å²) in [6.45, 7) is 5.69. The molecule has 2 amide bonds. The van der Waals surface area contributed by atoms with Gasteiger partial charge in [0.05, 0.1) is 6.42 Å². The number of amides is 2. The zero-order chi connectivity index (χ0) is 23.7. The summed E-state index contributed by atoms with van der Waals surface area (Å²) in [6, 6.07) is 14.6. The molecule has 1 atom stereocenters. The van der Waals surface area contributed by atoms with Crippen molar-refractivity contribution >= 4 is 23.4 Å². The molecule has 5 nitrogen and oxygen atoms in total. The van der Waals surface area contributed by atoms with Gasteiger partial charge in [-0.25, -0.2) is 4.39 Å². The summed E-state index contributed by atoms with van der Waals surface area (Å²) in [7, 11) is 0. The van der Waals surface area contributed by atoms with Gasteiger partial charge in [0.15, 0.2) is 0 Å². The zero-order valence-corrected chi connectivity index (χ0v) is 20.1. The third-order valence-corrected chi connectivity index (χ3v) is 8.24. The SMILES string of the molecule is O=C(Cc1ccc(F)cc1Cl)N1CCC2(CC1)C[C@H]2C(=O)N1CCN(Cc2ccccc2)CC1. The molecule has 0 unspecified atom stereocenters. The Bertz CT molecular complexity index is 1050. The maximum atomic E-state index is 13.3. The van der Waals surface area contributed by atoms with Crippen LogP contribution in [0.3, 0.4) is 0 Å². The number of piperidine rings is 1. The number of likely N-dealkylation sites (tertiary alicyclic amines) is 1. The van der Waals surface area contributed by atoms with Crippen LogP contribution >= 0.6 is 11.6 Å². The molecule has 5 rings (SSSR count). The molecule has 2 aromatic rings. The van der Waals surface area contributed by atoms with Crippen molar-refractivity contribution in [1.29, 1.82) is 0 Å². The molecule has 2 aliphatic heterocycles.